The molecule has 0 heterocycles. The van der Waals surface area contributed by atoms with Crippen molar-refractivity contribution in [1.29, 1.82) is 0 Å². The van der Waals surface area contributed by atoms with Crippen molar-refractivity contribution in [3.63, 3.8) is 0 Å². The van der Waals surface area contributed by atoms with Crippen LogP contribution in [0.15, 0.2) is 24.3 Å². The van der Waals surface area contributed by atoms with E-state index >= 15 is 0 Å². The summed E-state index contributed by atoms with van der Waals surface area (Å²) >= 11 is 2.26. The fraction of sp³-hybridized carbons (Fsp3) is 0.500. The molecule has 0 aliphatic rings. The number of hydrogen-bond donors (Lipinski definition) is 3. The van der Waals surface area contributed by atoms with Crippen LogP contribution >= 0.6 is 22.6 Å². The molecule has 0 aliphatic carbocycles. The van der Waals surface area contributed by atoms with Gasteiger partial charge < -0.3 is 16.2 Å². The van der Waals surface area contributed by atoms with Gasteiger partial charge in [-0.1, -0.05) is 12.1 Å². The Morgan fingerprint density at radius 3 is 2.55 bits per heavy atom. The van der Waals surface area contributed by atoms with Crippen molar-refractivity contribution in [2.45, 2.75) is 51.1 Å². The number of benzene rings is 1. The van der Waals surface area contributed by atoms with E-state index in [1.165, 1.54) is 9.13 Å². The lowest BCUT2D eigenvalue weighted by molar-refractivity contribution is -0.137. The Morgan fingerprint density at radius 2 is 1.95 bits per heavy atom. The Hall–Kier alpha value is -1.15. The third-order valence-electron chi connectivity index (χ3n) is 3.28. The highest BCUT2D eigenvalue weighted by atomic mass is 127. The lowest BCUT2D eigenvalue weighted by Gasteiger charge is -2.17. The van der Waals surface area contributed by atoms with Gasteiger partial charge >= 0.3 is 5.97 Å². The van der Waals surface area contributed by atoms with E-state index in [9.17, 15) is 9.59 Å². The molecule has 0 saturated heterocycles. The van der Waals surface area contributed by atoms with Crippen LogP contribution in [0.4, 0.5) is 0 Å². The second kappa shape index (κ2) is 9.78. The molecule has 1 aromatic rings. The molecule has 0 aromatic heterocycles. The van der Waals surface area contributed by atoms with Gasteiger partial charge in [0, 0.05) is 22.1 Å². The number of nitrogens with one attached hydrogen (secondary N) is 1. The van der Waals surface area contributed by atoms with Gasteiger partial charge in [0.05, 0.1) is 6.42 Å². The molecule has 0 spiro atoms. The molecule has 5 nitrogen and oxygen atoms in total. The van der Waals surface area contributed by atoms with Crippen molar-refractivity contribution in [3.05, 3.63) is 33.4 Å². The van der Waals surface area contributed by atoms with Gasteiger partial charge in [0.25, 0.3) is 0 Å². The van der Waals surface area contributed by atoms with Crippen molar-refractivity contribution in [1.82, 2.24) is 5.32 Å². The SMILES string of the molecule is CC(CC(N)CC(=O)O)NC(=O)CCCc1ccc(I)cc1. The molecule has 0 aliphatic heterocycles. The van der Waals surface area contributed by atoms with Gasteiger partial charge in [0.15, 0.2) is 0 Å². The minimum atomic E-state index is -0.913. The molecule has 4 N–H and O–H groups in total. The van der Waals surface area contributed by atoms with Crippen LogP contribution in [0.5, 0.6) is 0 Å². The molecule has 6 heteroatoms. The van der Waals surface area contributed by atoms with Crippen molar-refractivity contribution in [2.75, 3.05) is 0 Å². The zero-order valence-corrected chi connectivity index (χ0v) is 14.9. The van der Waals surface area contributed by atoms with E-state index in [4.69, 9.17) is 10.8 Å². The Bertz CT molecular complexity index is 491. The Kier molecular flexibility index (Phi) is 8.40. The molecule has 1 aromatic carbocycles. The fourth-order valence-electron chi connectivity index (χ4n) is 2.27. The number of aliphatic carboxylic acids is 1. The minimum Gasteiger partial charge on any atom is -0.481 e. The summed E-state index contributed by atoms with van der Waals surface area (Å²) in [6.45, 7) is 1.85. The first-order valence-corrected chi connectivity index (χ1v) is 8.46. The predicted octanol–water partition coefficient (Wildman–Crippen LogP) is 2.31. The Morgan fingerprint density at radius 1 is 1.32 bits per heavy atom. The highest BCUT2D eigenvalue weighted by molar-refractivity contribution is 14.1. The molecule has 122 valence electrons. The molecular weight excluding hydrogens is 395 g/mol. The van der Waals surface area contributed by atoms with Crippen LogP contribution in [0, 0.1) is 3.57 Å². The van der Waals surface area contributed by atoms with Gasteiger partial charge in [-0.3, -0.25) is 9.59 Å². The van der Waals surface area contributed by atoms with Gasteiger partial charge in [-0.15, -0.1) is 0 Å². The number of carboxylic acid groups (broad SMARTS) is 1. The summed E-state index contributed by atoms with van der Waals surface area (Å²) in [5.74, 6) is -0.927. The number of hydrogen-bond acceptors (Lipinski definition) is 3. The van der Waals surface area contributed by atoms with E-state index in [2.05, 4.69) is 52.2 Å². The first-order valence-electron chi connectivity index (χ1n) is 7.38. The van der Waals surface area contributed by atoms with Crippen molar-refractivity contribution >= 4 is 34.5 Å². The zero-order valence-electron chi connectivity index (χ0n) is 12.7. The number of carbonyl (C=O) groups is 2. The summed E-state index contributed by atoms with van der Waals surface area (Å²) in [6.07, 6.45) is 2.52. The lowest BCUT2D eigenvalue weighted by atomic mass is 10.1. The standard InChI is InChI=1S/C16H23IN2O3/c1-11(9-14(18)10-16(21)22)19-15(20)4-2-3-12-5-7-13(17)8-6-12/h5-8,11,14H,2-4,9-10,18H2,1H3,(H,19,20)(H,21,22). The number of amides is 1. The largest absolute Gasteiger partial charge is 0.481 e. The molecule has 0 radical (unpaired) electrons. The van der Waals surface area contributed by atoms with Crippen LogP contribution in [-0.2, 0) is 16.0 Å². The van der Waals surface area contributed by atoms with E-state index in [-0.39, 0.29) is 18.4 Å². The predicted molar refractivity (Wildman–Crippen MR) is 94.5 cm³/mol. The van der Waals surface area contributed by atoms with Crippen LogP contribution in [0.3, 0.4) is 0 Å². The first-order chi connectivity index (χ1) is 10.4. The van der Waals surface area contributed by atoms with Crippen LogP contribution in [-0.4, -0.2) is 29.1 Å². The molecule has 0 fully saturated rings. The van der Waals surface area contributed by atoms with E-state index in [0.717, 1.165) is 12.8 Å². The first kappa shape index (κ1) is 18.9. The number of aryl methyl sites for hydroxylation is 1. The van der Waals surface area contributed by atoms with E-state index in [1.807, 2.05) is 6.92 Å². The number of halogens is 1. The summed E-state index contributed by atoms with van der Waals surface area (Å²) in [5.41, 5.74) is 6.93. The summed E-state index contributed by atoms with van der Waals surface area (Å²) in [4.78, 5) is 22.4. The van der Waals surface area contributed by atoms with Crippen LogP contribution in [0.1, 0.15) is 38.2 Å². The van der Waals surface area contributed by atoms with Gasteiger partial charge in [-0.05, 0) is 66.5 Å². The number of carbonyl (C=O) groups excluding carboxylic acids is 1. The normalized spacial score (nSPS) is 13.4. The maximum Gasteiger partial charge on any atom is 0.304 e. The second-order valence-corrected chi connectivity index (χ2v) is 6.79. The quantitative estimate of drug-likeness (QED) is 0.537. The Labute approximate surface area is 144 Å². The van der Waals surface area contributed by atoms with Crippen molar-refractivity contribution in [3.8, 4) is 0 Å². The molecule has 0 saturated carbocycles. The van der Waals surface area contributed by atoms with Crippen molar-refractivity contribution in [2.24, 2.45) is 5.73 Å². The van der Waals surface area contributed by atoms with Crippen LogP contribution < -0.4 is 11.1 Å². The molecule has 1 rings (SSSR count). The third-order valence-corrected chi connectivity index (χ3v) is 4.00. The molecule has 1 amide bonds. The maximum absolute atomic E-state index is 11.8. The summed E-state index contributed by atoms with van der Waals surface area (Å²) in [6, 6.07) is 7.73. The molecule has 2 unspecified atom stereocenters. The monoisotopic (exact) mass is 418 g/mol. The van der Waals surface area contributed by atoms with Gasteiger partial charge in [-0.2, -0.15) is 0 Å². The minimum absolute atomic E-state index is 0.0134. The number of nitrogens with two attached hydrogens (primary N) is 1. The summed E-state index contributed by atoms with van der Waals surface area (Å²) in [7, 11) is 0. The fourth-order valence-corrected chi connectivity index (χ4v) is 2.63. The van der Waals surface area contributed by atoms with E-state index in [0.29, 0.717) is 12.8 Å². The lowest BCUT2D eigenvalue weighted by Crippen LogP contribution is -2.38. The highest BCUT2D eigenvalue weighted by Crippen LogP contribution is 2.09. The molecule has 22 heavy (non-hydrogen) atoms. The van der Waals surface area contributed by atoms with Gasteiger partial charge in [0.1, 0.15) is 0 Å². The third kappa shape index (κ3) is 8.33. The summed E-state index contributed by atoms with van der Waals surface area (Å²) in [5, 5.41) is 11.5. The average molecular weight is 418 g/mol. The Balaban J connectivity index is 2.22. The molecule has 0 bridgehead atoms. The molecule has 2 atom stereocenters. The van der Waals surface area contributed by atoms with E-state index in [1.54, 1.807) is 0 Å². The van der Waals surface area contributed by atoms with Crippen LogP contribution in [0.2, 0.25) is 0 Å². The van der Waals surface area contributed by atoms with Gasteiger partial charge in [-0.25, -0.2) is 0 Å². The average Bonchev–Trinajstić information content (AvgIpc) is 2.39. The smallest absolute Gasteiger partial charge is 0.304 e. The highest BCUT2D eigenvalue weighted by Gasteiger charge is 2.14. The number of carboxylic acids is 1. The topological polar surface area (TPSA) is 92.4 Å². The van der Waals surface area contributed by atoms with E-state index < -0.39 is 12.0 Å². The van der Waals surface area contributed by atoms with Gasteiger partial charge in [0.2, 0.25) is 5.91 Å². The zero-order chi connectivity index (χ0) is 16.5. The summed E-state index contributed by atoms with van der Waals surface area (Å²) < 4.78 is 1.20. The van der Waals surface area contributed by atoms with Crippen molar-refractivity contribution < 1.29 is 14.7 Å². The van der Waals surface area contributed by atoms with Crippen LogP contribution in [0.25, 0.3) is 0 Å². The maximum atomic E-state index is 11.8. The second-order valence-electron chi connectivity index (χ2n) is 5.54. The molecular formula is C16H23IN2O3. The number of rotatable bonds is 9.